The van der Waals surface area contributed by atoms with Crippen molar-refractivity contribution in [3.63, 3.8) is 0 Å². The number of sulfonamides is 1. The second-order valence-electron chi connectivity index (χ2n) is 8.15. The van der Waals surface area contributed by atoms with E-state index in [2.05, 4.69) is 10.0 Å². The highest BCUT2D eigenvalue weighted by atomic mass is 35.5. The number of rotatable bonds is 8. The highest BCUT2D eigenvalue weighted by Crippen LogP contribution is 2.44. The van der Waals surface area contributed by atoms with Crippen molar-refractivity contribution in [1.82, 2.24) is 4.72 Å². The first kappa shape index (κ1) is 23.3. The van der Waals surface area contributed by atoms with Crippen molar-refractivity contribution >= 4 is 39.2 Å². The number of nitrogens with one attached hydrogen (secondary N) is 2. The summed E-state index contributed by atoms with van der Waals surface area (Å²) in [5.41, 5.74) is 1.99. The molecule has 1 fully saturated rings. The molecule has 9 nitrogen and oxygen atoms in total. The van der Waals surface area contributed by atoms with Gasteiger partial charge in [-0.05, 0) is 55.9 Å². The number of phenols is 1. The van der Waals surface area contributed by atoms with Crippen molar-refractivity contribution in [2.24, 2.45) is 0 Å². The van der Waals surface area contributed by atoms with E-state index in [1.165, 1.54) is 24.3 Å². The molecule has 1 saturated carbocycles. The zero-order chi connectivity index (χ0) is 23.8. The summed E-state index contributed by atoms with van der Waals surface area (Å²) in [6.07, 6.45) is 3.86. The molecule has 0 aliphatic heterocycles. The van der Waals surface area contributed by atoms with Gasteiger partial charge in [0.1, 0.15) is 28.6 Å². The molecular weight excluding hydrogens is 472 g/mol. The topological polar surface area (TPSA) is 142 Å². The van der Waals surface area contributed by atoms with Gasteiger partial charge in [0.05, 0.1) is 5.02 Å². The normalized spacial score (nSPS) is 15.5. The van der Waals surface area contributed by atoms with Crippen LogP contribution >= 0.6 is 11.6 Å². The van der Waals surface area contributed by atoms with Crippen LogP contribution in [0.1, 0.15) is 43.2 Å². The molecule has 33 heavy (non-hydrogen) atoms. The van der Waals surface area contributed by atoms with Gasteiger partial charge in [-0.2, -0.15) is 0 Å². The van der Waals surface area contributed by atoms with Crippen LogP contribution in [0.2, 0.25) is 5.02 Å². The summed E-state index contributed by atoms with van der Waals surface area (Å²) < 4.78 is 34.0. The van der Waals surface area contributed by atoms with E-state index in [0.29, 0.717) is 24.3 Å². The Morgan fingerprint density at radius 1 is 1.12 bits per heavy atom. The molecule has 0 bridgehead atoms. The first-order chi connectivity index (χ1) is 15.6. The first-order valence-corrected chi connectivity index (χ1v) is 12.4. The molecule has 11 heteroatoms. The van der Waals surface area contributed by atoms with Crippen LogP contribution < -0.4 is 14.8 Å². The number of fused-ring (bicyclic) bond motifs is 1. The Balaban J connectivity index is 1.63. The van der Waals surface area contributed by atoms with E-state index in [-0.39, 0.29) is 27.5 Å². The van der Waals surface area contributed by atoms with Crippen LogP contribution in [0.5, 0.6) is 17.2 Å². The third-order valence-electron chi connectivity index (χ3n) is 5.76. The van der Waals surface area contributed by atoms with Crippen molar-refractivity contribution < 1.29 is 33.0 Å². The number of aliphatic carboxylic acids is 1. The fourth-order valence-electron chi connectivity index (χ4n) is 3.97. The highest BCUT2D eigenvalue weighted by Gasteiger charge is 2.28. The molecule has 2 aliphatic rings. The average molecular weight is 495 g/mol. The van der Waals surface area contributed by atoms with Crippen LogP contribution in [-0.4, -0.2) is 36.5 Å². The van der Waals surface area contributed by atoms with Crippen LogP contribution in [-0.2, 0) is 32.5 Å². The molecule has 4 rings (SSSR count). The lowest BCUT2D eigenvalue weighted by molar-refractivity contribution is -0.139. The molecule has 4 N–H and O–H groups in total. The number of hydrogen-bond acceptors (Lipinski definition) is 6. The van der Waals surface area contributed by atoms with Crippen LogP contribution in [0.3, 0.4) is 0 Å². The Bertz CT molecular complexity index is 1230. The van der Waals surface area contributed by atoms with Gasteiger partial charge in [0.2, 0.25) is 15.9 Å². The van der Waals surface area contributed by atoms with Crippen LogP contribution in [0.4, 0.5) is 5.69 Å². The lowest BCUT2D eigenvalue weighted by Crippen LogP contribution is -2.39. The van der Waals surface area contributed by atoms with Gasteiger partial charge in [-0.15, -0.1) is 0 Å². The van der Waals surface area contributed by atoms with E-state index in [1.54, 1.807) is 0 Å². The van der Waals surface area contributed by atoms with E-state index in [1.807, 2.05) is 0 Å². The molecular formula is C22H23ClN2O7S. The van der Waals surface area contributed by atoms with Gasteiger partial charge in [-0.3, -0.25) is 9.59 Å². The minimum Gasteiger partial charge on any atom is -0.507 e. The van der Waals surface area contributed by atoms with Crippen LogP contribution in [0.25, 0.3) is 0 Å². The maximum Gasteiger partial charge on any atom is 0.312 e. The lowest BCUT2D eigenvalue weighted by Gasteiger charge is -2.26. The molecule has 0 aromatic heterocycles. The molecule has 176 valence electrons. The summed E-state index contributed by atoms with van der Waals surface area (Å²) in [5.74, 6) is -1.77. The van der Waals surface area contributed by atoms with E-state index >= 15 is 0 Å². The van der Waals surface area contributed by atoms with Crippen molar-refractivity contribution in [2.75, 3.05) is 5.32 Å². The monoisotopic (exact) mass is 494 g/mol. The molecule has 2 aromatic rings. The van der Waals surface area contributed by atoms with Crippen molar-refractivity contribution in [3.05, 3.63) is 40.4 Å². The molecule has 0 spiro atoms. The molecule has 0 unspecified atom stereocenters. The van der Waals surface area contributed by atoms with Crippen molar-refractivity contribution in [3.8, 4) is 17.2 Å². The minimum absolute atomic E-state index is 0.138. The lowest BCUT2D eigenvalue weighted by atomic mass is 9.94. The SMILES string of the molecule is O=C(O)CC(=O)Nc1cc(Cl)c(Oc2ccc(O)c(S(=O)(=O)NC3CCC3)c2)c2c1CCC2. The minimum atomic E-state index is -3.93. The number of amides is 1. The standard InChI is InChI=1S/C22H23ClN2O7S/c23-16-10-17(24-20(27)11-21(28)29)14-5-2-6-15(14)22(16)32-13-7-8-18(26)19(9-13)33(30,31)25-12-3-1-4-12/h7-10,12,25-26H,1-6,11H2,(H,24,27)(H,28,29). The van der Waals surface area contributed by atoms with Crippen molar-refractivity contribution in [1.29, 1.82) is 0 Å². The summed E-state index contributed by atoms with van der Waals surface area (Å²) in [5, 5.41) is 21.7. The number of carboxylic acids is 1. The largest absolute Gasteiger partial charge is 0.507 e. The molecule has 0 radical (unpaired) electrons. The second-order valence-corrected chi connectivity index (χ2v) is 10.2. The second kappa shape index (κ2) is 9.20. The zero-order valence-electron chi connectivity index (χ0n) is 17.6. The zero-order valence-corrected chi connectivity index (χ0v) is 19.1. The number of benzene rings is 2. The van der Waals surface area contributed by atoms with Crippen LogP contribution in [0.15, 0.2) is 29.2 Å². The number of hydrogen-bond donors (Lipinski definition) is 4. The number of carbonyl (C=O) groups is 2. The van der Waals surface area contributed by atoms with E-state index in [9.17, 15) is 23.1 Å². The average Bonchev–Trinajstić information content (AvgIpc) is 3.18. The number of anilines is 1. The molecule has 0 atom stereocenters. The fraction of sp³-hybridized carbons (Fsp3) is 0.364. The molecule has 1 amide bonds. The number of phenolic OH excluding ortho intramolecular Hbond substituents is 1. The van der Waals surface area contributed by atoms with Crippen LogP contribution in [0, 0.1) is 0 Å². The molecule has 2 aliphatic carbocycles. The Labute approximate surface area is 195 Å². The maximum atomic E-state index is 12.7. The van der Waals surface area contributed by atoms with Gasteiger partial charge in [0.15, 0.2) is 0 Å². The predicted octanol–water partition coefficient (Wildman–Crippen LogP) is 3.57. The van der Waals surface area contributed by atoms with Gasteiger partial charge in [-0.25, -0.2) is 13.1 Å². The Morgan fingerprint density at radius 2 is 1.85 bits per heavy atom. The van der Waals surface area contributed by atoms with Gasteiger partial charge in [0.25, 0.3) is 0 Å². The molecule has 2 aromatic carbocycles. The first-order valence-electron chi connectivity index (χ1n) is 10.5. The number of carboxylic acid groups (broad SMARTS) is 1. The number of ether oxygens (including phenoxy) is 1. The summed E-state index contributed by atoms with van der Waals surface area (Å²) >= 11 is 6.44. The van der Waals surface area contributed by atoms with E-state index in [0.717, 1.165) is 36.8 Å². The van der Waals surface area contributed by atoms with Crippen molar-refractivity contribution in [2.45, 2.75) is 55.9 Å². The Kier molecular flexibility index (Phi) is 6.51. The number of aromatic hydroxyl groups is 1. The highest BCUT2D eigenvalue weighted by molar-refractivity contribution is 7.89. The third kappa shape index (κ3) is 5.07. The summed E-state index contributed by atoms with van der Waals surface area (Å²) in [6.45, 7) is 0. The summed E-state index contributed by atoms with van der Waals surface area (Å²) in [7, 11) is -3.93. The summed E-state index contributed by atoms with van der Waals surface area (Å²) in [4.78, 5) is 22.4. The quantitative estimate of drug-likeness (QED) is 0.411. The fourth-order valence-corrected chi connectivity index (χ4v) is 5.65. The van der Waals surface area contributed by atoms with Gasteiger partial charge >= 0.3 is 5.97 Å². The van der Waals surface area contributed by atoms with E-state index in [4.69, 9.17) is 21.4 Å². The third-order valence-corrected chi connectivity index (χ3v) is 7.59. The molecule has 0 saturated heterocycles. The number of carbonyl (C=O) groups excluding carboxylic acids is 1. The smallest absolute Gasteiger partial charge is 0.312 e. The van der Waals surface area contributed by atoms with E-state index < -0.39 is 28.3 Å². The van der Waals surface area contributed by atoms with Gasteiger partial charge in [-0.1, -0.05) is 18.0 Å². The molecule has 0 heterocycles. The summed E-state index contributed by atoms with van der Waals surface area (Å²) in [6, 6.07) is 5.30. The van der Waals surface area contributed by atoms with Gasteiger partial charge < -0.3 is 20.3 Å². The maximum absolute atomic E-state index is 12.7. The Morgan fingerprint density at radius 3 is 2.52 bits per heavy atom. The Hall–Kier alpha value is -2.82. The van der Waals surface area contributed by atoms with Gasteiger partial charge in [0, 0.05) is 23.4 Å². The number of halogens is 1. The predicted molar refractivity (Wildman–Crippen MR) is 121 cm³/mol.